The van der Waals surface area contributed by atoms with E-state index in [0.717, 1.165) is 11.3 Å². The van der Waals surface area contributed by atoms with Crippen molar-refractivity contribution < 1.29 is 4.79 Å². The SMILES string of the molecule is Cn1cc(Br)c(C(=O)N2CCc3nn(C)c(=O)cc3C2)n1. The normalized spacial score (nSPS) is 14.1. The molecule has 7 nitrogen and oxygen atoms in total. The van der Waals surface area contributed by atoms with Gasteiger partial charge in [-0.1, -0.05) is 0 Å². The molecule has 0 atom stereocenters. The molecule has 3 rings (SSSR count). The van der Waals surface area contributed by atoms with E-state index in [-0.39, 0.29) is 11.5 Å². The van der Waals surface area contributed by atoms with E-state index in [0.29, 0.717) is 29.7 Å². The minimum absolute atomic E-state index is 0.145. The molecule has 110 valence electrons. The Hall–Kier alpha value is -1.96. The molecule has 0 unspecified atom stereocenters. The van der Waals surface area contributed by atoms with Gasteiger partial charge in [0.15, 0.2) is 5.69 Å². The van der Waals surface area contributed by atoms with Crippen molar-refractivity contribution in [3.8, 4) is 0 Å². The molecule has 1 aliphatic rings. The number of carbonyl (C=O) groups excluding carboxylic acids is 1. The van der Waals surface area contributed by atoms with Gasteiger partial charge >= 0.3 is 0 Å². The number of halogens is 1. The summed E-state index contributed by atoms with van der Waals surface area (Å²) in [6.07, 6.45) is 2.38. The van der Waals surface area contributed by atoms with Gasteiger partial charge in [0.05, 0.1) is 10.2 Å². The maximum absolute atomic E-state index is 12.5. The molecule has 3 heterocycles. The Morgan fingerprint density at radius 3 is 2.76 bits per heavy atom. The summed E-state index contributed by atoms with van der Waals surface area (Å²) in [4.78, 5) is 25.9. The fourth-order valence-corrected chi connectivity index (χ4v) is 2.97. The third kappa shape index (κ3) is 2.51. The minimum Gasteiger partial charge on any atom is -0.332 e. The molecule has 8 heteroatoms. The Kier molecular flexibility index (Phi) is 3.40. The van der Waals surface area contributed by atoms with E-state index in [2.05, 4.69) is 26.1 Å². The Balaban J connectivity index is 1.89. The molecule has 0 saturated carbocycles. The van der Waals surface area contributed by atoms with E-state index in [4.69, 9.17) is 0 Å². The van der Waals surface area contributed by atoms with Crippen LogP contribution in [0, 0.1) is 0 Å². The zero-order valence-electron chi connectivity index (χ0n) is 11.7. The lowest BCUT2D eigenvalue weighted by Gasteiger charge is -2.27. The first kappa shape index (κ1) is 14.0. The summed E-state index contributed by atoms with van der Waals surface area (Å²) in [5.74, 6) is -0.145. The van der Waals surface area contributed by atoms with Crippen LogP contribution in [0.3, 0.4) is 0 Å². The highest BCUT2D eigenvalue weighted by Crippen LogP contribution is 2.21. The quantitative estimate of drug-likeness (QED) is 0.748. The van der Waals surface area contributed by atoms with Crippen molar-refractivity contribution in [3.63, 3.8) is 0 Å². The molecule has 0 N–H and O–H groups in total. The van der Waals surface area contributed by atoms with Gasteiger partial charge in [-0.15, -0.1) is 0 Å². The molecular weight excluding hydrogens is 338 g/mol. The number of hydrogen-bond donors (Lipinski definition) is 0. The van der Waals surface area contributed by atoms with Crippen LogP contribution in [-0.4, -0.2) is 36.9 Å². The van der Waals surface area contributed by atoms with Crippen molar-refractivity contribution in [1.29, 1.82) is 0 Å². The zero-order chi connectivity index (χ0) is 15.1. The van der Waals surface area contributed by atoms with Crippen LogP contribution in [-0.2, 0) is 27.1 Å². The van der Waals surface area contributed by atoms with Crippen LogP contribution in [0.15, 0.2) is 21.5 Å². The number of hydrogen-bond acceptors (Lipinski definition) is 4. The lowest BCUT2D eigenvalue weighted by molar-refractivity contribution is 0.0725. The highest BCUT2D eigenvalue weighted by Gasteiger charge is 2.26. The summed E-state index contributed by atoms with van der Waals surface area (Å²) >= 11 is 3.34. The van der Waals surface area contributed by atoms with E-state index in [9.17, 15) is 9.59 Å². The van der Waals surface area contributed by atoms with E-state index < -0.39 is 0 Å². The maximum atomic E-state index is 12.5. The lowest BCUT2D eigenvalue weighted by atomic mass is 10.1. The predicted molar refractivity (Wildman–Crippen MR) is 78.8 cm³/mol. The number of fused-ring (bicyclic) bond motifs is 1. The molecule has 0 bridgehead atoms. The van der Waals surface area contributed by atoms with Gasteiger partial charge in [-0.25, -0.2) is 4.68 Å². The first-order chi connectivity index (χ1) is 9.95. The van der Waals surface area contributed by atoms with Crippen LogP contribution in [0.2, 0.25) is 0 Å². The molecular formula is C13H14BrN5O2. The van der Waals surface area contributed by atoms with Gasteiger partial charge in [-0.3, -0.25) is 14.3 Å². The smallest absolute Gasteiger partial charge is 0.275 e. The Morgan fingerprint density at radius 1 is 1.33 bits per heavy atom. The fourth-order valence-electron chi connectivity index (χ4n) is 2.42. The Bertz CT molecular complexity index is 779. The summed E-state index contributed by atoms with van der Waals surface area (Å²) in [6.45, 7) is 0.959. The fraction of sp³-hybridized carbons (Fsp3) is 0.385. The second-order valence-electron chi connectivity index (χ2n) is 5.05. The van der Waals surface area contributed by atoms with Crippen LogP contribution in [0.5, 0.6) is 0 Å². The average molecular weight is 352 g/mol. The van der Waals surface area contributed by atoms with Crippen molar-refractivity contribution in [1.82, 2.24) is 24.5 Å². The standard InChI is InChI=1S/C13H14BrN5O2/c1-17-7-9(14)12(16-17)13(21)19-4-3-10-8(6-19)5-11(20)18(2)15-10/h5,7H,3-4,6H2,1-2H3. The summed E-state index contributed by atoms with van der Waals surface area (Å²) in [6, 6.07) is 1.55. The second-order valence-corrected chi connectivity index (χ2v) is 5.91. The van der Waals surface area contributed by atoms with E-state index in [1.54, 1.807) is 35.9 Å². The first-order valence-electron chi connectivity index (χ1n) is 6.50. The van der Waals surface area contributed by atoms with Gasteiger partial charge in [-0.2, -0.15) is 10.2 Å². The van der Waals surface area contributed by atoms with Gasteiger partial charge in [0.2, 0.25) is 0 Å². The van der Waals surface area contributed by atoms with Gasteiger partial charge < -0.3 is 4.90 Å². The van der Waals surface area contributed by atoms with Gasteiger partial charge in [0, 0.05) is 51.4 Å². The second kappa shape index (κ2) is 5.10. The first-order valence-corrected chi connectivity index (χ1v) is 7.29. The number of aromatic nitrogens is 4. The number of carbonyl (C=O) groups is 1. The van der Waals surface area contributed by atoms with Crippen LogP contribution in [0.4, 0.5) is 0 Å². The van der Waals surface area contributed by atoms with E-state index >= 15 is 0 Å². The number of aryl methyl sites for hydroxylation is 2. The number of amides is 1. The summed E-state index contributed by atoms with van der Waals surface area (Å²) in [5.41, 5.74) is 1.91. The molecule has 0 aromatic carbocycles. The molecule has 0 saturated heterocycles. The van der Waals surface area contributed by atoms with Gasteiger partial charge in [0.25, 0.3) is 11.5 Å². The third-order valence-corrected chi connectivity index (χ3v) is 4.09. The number of nitrogens with zero attached hydrogens (tertiary/aromatic N) is 5. The molecule has 0 spiro atoms. The molecule has 0 aliphatic carbocycles. The summed E-state index contributed by atoms with van der Waals surface area (Å²) < 4.78 is 3.58. The van der Waals surface area contributed by atoms with Crippen molar-refractivity contribution in [2.24, 2.45) is 14.1 Å². The van der Waals surface area contributed by atoms with Crippen LogP contribution < -0.4 is 5.56 Å². The maximum Gasteiger partial charge on any atom is 0.275 e. The van der Waals surface area contributed by atoms with E-state index in [1.807, 2.05) is 0 Å². The van der Waals surface area contributed by atoms with Crippen LogP contribution >= 0.6 is 15.9 Å². The molecule has 1 aliphatic heterocycles. The number of rotatable bonds is 1. The molecule has 2 aromatic heterocycles. The highest BCUT2D eigenvalue weighted by molar-refractivity contribution is 9.10. The van der Waals surface area contributed by atoms with Crippen LogP contribution in [0.25, 0.3) is 0 Å². The van der Waals surface area contributed by atoms with Crippen molar-refractivity contribution >= 4 is 21.8 Å². The molecule has 2 aromatic rings. The van der Waals surface area contributed by atoms with Crippen molar-refractivity contribution in [3.05, 3.63) is 44.0 Å². The molecule has 0 radical (unpaired) electrons. The van der Waals surface area contributed by atoms with Crippen molar-refractivity contribution in [2.75, 3.05) is 6.54 Å². The topological polar surface area (TPSA) is 73.0 Å². The Labute approximate surface area is 129 Å². The third-order valence-electron chi connectivity index (χ3n) is 3.51. The monoisotopic (exact) mass is 351 g/mol. The van der Waals surface area contributed by atoms with Gasteiger partial charge in [-0.05, 0) is 15.9 Å². The summed E-state index contributed by atoms with van der Waals surface area (Å²) in [5, 5.41) is 8.41. The largest absolute Gasteiger partial charge is 0.332 e. The predicted octanol–water partition coefficient (Wildman–Crippen LogP) is 0.475. The average Bonchev–Trinajstić information content (AvgIpc) is 2.78. The Morgan fingerprint density at radius 2 is 2.10 bits per heavy atom. The zero-order valence-corrected chi connectivity index (χ0v) is 13.3. The lowest BCUT2D eigenvalue weighted by Crippen LogP contribution is -2.38. The minimum atomic E-state index is -0.165. The highest BCUT2D eigenvalue weighted by atomic mass is 79.9. The summed E-state index contributed by atoms with van der Waals surface area (Å²) in [7, 11) is 3.39. The molecule has 0 fully saturated rings. The molecule has 1 amide bonds. The van der Waals surface area contributed by atoms with Crippen LogP contribution in [0.1, 0.15) is 21.7 Å². The molecule has 21 heavy (non-hydrogen) atoms. The van der Waals surface area contributed by atoms with E-state index in [1.165, 1.54) is 4.68 Å². The van der Waals surface area contributed by atoms with Crippen molar-refractivity contribution in [2.45, 2.75) is 13.0 Å². The van der Waals surface area contributed by atoms with Gasteiger partial charge in [0.1, 0.15) is 0 Å².